The van der Waals surface area contributed by atoms with Crippen molar-refractivity contribution in [2.75, 3.05) is 7.11 Å². The van der Waals surface area contributed by atoms with Crippen molar-refractivity contribution in [2.45, 2.75) is 51.4 Å². The van der Waals surface area contributed by atoms with Gasteiger partial charge in [0.1, 0.15) is 0 Å². The van der Waals surface area contributed by atoms with Gasteiger partial charge in [0.05, 0.1) is 12.5 Å². The third-order valence-corrected chi connectivity index (χ3v) is 6.65. The molecular weight excluding hydrogens is 337 g/mol. The van der Waals surface area contributed by atoms with E-state index in [2.05, 4.69) is 6.92 Å². The van der Waals surface area contributed by atoms with E-state index in [-0.39, 0.29) is 17.1 Å². The van der Waals surface area contributed by atoms with Crippen LogP contribution in [0.15, 0.2) is 18.2 Å². The van der Waals surface area contributed by atoms with E-state index >= 15 is 0 Å². The summed E-state index contributed by atoms with van der Waals surface area (Å²) in [5.74, 6) is -0.751. The van der Waals surface area contributed by atoms with Crippen LogP contribution in [0.25, 0.3) is 10.8 Å². The van der Waals surface area contributed by atoms with Gasteiger partial charge in [0, 0.05) is 0 Å². The third kappa shape index (κ3) is 2.87. The van der Waals surface area contributed by atoms with E-state index < -0.39 is 17.5 Å². The molecule has 0 N–H and O–H groups in total. The molecule has 4 atom stereocenters. The second kappa shape index (κ2) is 6.79. The Labute approximate surface area is 152 Å². The van der Waals surface area contributed by atoms with E-state index in [4.69, 9.17) is 4.74 Å². The third-order valence-electron chi connectivity index (χ3n) is 6.65. The highest BCUT2D eigenvalue weighted by Gasteiger charge is 2.36. The average Bonchev–Trinajstić information content (AvgIpc) is 2.64. The molecule has 2 fully saturated rings. The van der Waals surface area contributed by atoms with Crippen LogP contribution in [-0.4, -0.2) is 7.11 Å². The van der Waals surface area contributed by atoms with Gasteiger partial charge in [-0.3, -0.25) is 0 Å². The summed E-state index contributed by atoms with van der Waals surface area (Å²) in [4.78, 5) is 0. The molecule has 4 heteroatoms. The smallest absolute Gasteiger partial charge is 0.175 e. The summed E-state index contributed by atoms with van der Waals surface area (Å²) in [6.07, 6.45) is 6.55. The summed E-state index contributed by atoms with van der Waals surface area (Å²) in [5, 5.41) is 0.0855. The Morgan fingerprint density at radius 3 is 2.38 bits per heavy atom. The zero-order valence-electron chi connectivity index (χ0n) is 15.3. The number of rotatable bonds is 2. The van der Waals surface area contributed by atoms with Crippen LogP contribution in [0, 0.1) is 35.2 Å². The summed E-state index contributed by atoms with van der Waals surface area (Å²) < 4.78 is 48.8. The number of benzene rings is 2. The van der Waals surface area contributed by atoms with Gasteiger partial charge in [-0.1, -0.05) is 19.4 Å². The van der Waals surface area contributed by atoms with Crippen LogP contribution in [0.5, 0.6) is 5.75 Å². The molecule has 0 radical (unpaired) electrons. The van der Waals surface area contributed by atoms with Gasteiger partial charge in [0.25, 0.3) is 0 Å². The number of halogens is 3. The molecule has 0 heterocycles. The maximum atomic E-state index is 14.8. The predicted molar refractivity (Wildman–Crippen MR) is 97.0 cm³/mol. The maximum Gasteiger partial charge on any atom is 0.175 e. The summed E-state index contributed by atoms with van der Waals surface area (Å²) in [6, 6.07) is 4.72. The zero-order chi connectivity index (χ0) is 18.4. The predicted octanol–water partition coefficient (Wildman–Crippen LogP) is 6.59. The number of hydrogen-bond donors (Lipinski definition) is 0. The minimum Gasteiger partial charge on any atom is -0.494 e. The van der Waals surface area contributed by atoms with Crippen molar-refractivity contribution in [3.05, 3.63) is 41.2 Å². The average molecular weight is 362 g/mol. The van der Waals surface area contributed by atoms with Crippen molar-refractivity contribution in [1.29, 1.82) is 0 Å². The van der Waals surface area contributed by atoms with Crippen LogP contribution < -0.4 is 4.74 Å². The first-order valence-electron chi connectivity index (χ1n) is 9.63. The van der Waals surface area contributed by atoms with Gasteiger partial charge in [-0.2, -0.15) is 0 Å². The Hall–Kier alpha value is -1.71. The topological polar surface area (TPSA) is 9.23 Å². The highest BCUT2D eigenvalue weighted by molar-refractivity contribution is 5.86. The summed E-state index contributed by atoms with van der Waals surface area (Å²) in [6.45, 7) is 2.31. The number of fused-ring (bicyclic) bond motifs is 2. The van der Waals surface area contributed by atoms with Crippen molar-refractivity contribution in [3.63, 3.8) is 0 Å². The lowest BCUT2D eigenvalue weighted by molar-refractivity contribution is 0.123. The van der Waals surface area contributed by atoms with E-state index in [0.29, 0.717) is 16.9 Å². The summed E-state index contributed by atoms with van der Waals surface area (Å²) >= 11 is 0. The van der Waals surface area contributed by atoms with Crippen LogP contribution in [0.2, 0.25) is 0 Å². The van der Waals surface area contributed by atoms with E-state index in [1.807, 2.05) is 0 Å². The first kappa shape index (κ1) is 17.7. The van der Waals surface area contributed by atoms with Gasteiger partial charge in [-0.25, -0.2) is 13.2 Å². The normalized spacial score (nSPS) is 28.8. The molecule has 2 aromatic carbocycles. The number of ether oxygens (including phenoxy) is 1. The van der Waals surface area contributed by atoms with Crippen LogP contribution >= 0.6 is 0 Å². The first-order valence-corrected chi connectivity index (χ1v) is 9.63. The van der Waals surface area contributed by atoms with Gasteiger partial charge in [-0.15, -0.1) is 0 Å². The fourth-order valence-corrected chi connectivity index (χ4v) is 5.24. The minimum atomic E-state index is -1.09. The van der Waals surface area contributed by atoms with Crippen LogP contribution in [0.1, 0.15) is 56.9 Å². The highest BCUT2D eigenvalue weighted by Crippen LogP contribution is 2.48. The van der Waals surface area contributed by atoms with Gasteiger partial charge >= 0.3 is 0 Å². The van der Waals surface area contributed by atoms with Crippen molar-refractivity contribution in [1.82, 2.24) is 0 Å². The van der Waals surface area contributed by atoms with Crippen LogP contribution in [0.3, 0.4) is 0 Å². The van der Waals surface area contributed by atoms with Gasteiger partial charge < -0.3 is 4.74 Å². The quantitative estimate of drug-likeness (QED) is 0.586. The fraction of sp³-hybridized carbons (Fsp3) is 0.545. The number of methoxy groups -OCH3 is 1. The van der Waals surface area contributed by atoms with Crippen LogP contribution in [0.4, 0.5) is 13.2 Å². The second-order valence-electron chi connectivity index (χ2n) is 8.22. The lowest BCUT2D eigenvalue weighted by atomic mass is 9.64. The minimum absolute atomic E-state index is 0.0220. The van der Waals surface area contributed by atoms with Crippen molar-refractivity contribution in [2.24, 2.45) is 17.8 Å². The van der Waals surface area contributed by atoms with Gasteiger partial charge in [-0.05, 0) is 78.9 Å². The molecule has 0 bridgehead atoms. The van der Waals surface area contributed by atoms with Crippen LogP contribution in [-0.2, 0) is 0 Å². The molecule has 0 aliphatic heterocycles. The first-order chi connectivity index (χ1) is 12.5. The van der Waals surface area contributed by atoms with E-state index in [9.17, 15) is 13.2 Å². The van der Waals surface area contributed by atoms with Crippen molar-refractivity contribution in [3.8, 4) is 5.75 Å². The molecule has 1 nitrogen and oxygen atoms in total. The lowest BCUT2D eigenvalue weighted by Crippen LogP contribution is -2.30. The Balaban J connectivity index is 1.70. The molecule has 0 amide bonds. The maximum absolute atomic E-state index is 14.8. The molecule has 4 unspecified atom stereocenters. The standard InChI is InChI=1S/C22H25F3O/c1-12-3-4-14-10-15(6-5-13(14)9-12)17-11-16-7-8-18(26-2)21(24)19(16)22(25)20(17)23/h7-8,11-15H,3-6,9-10H2,1-2H3. The molecule has 0 spiro atoms. The Kier molecular flexibility index (Phi) is 4.62. The van der Waals surface area contributed by atoms with Crippen molar-refractivity contribution < 1.29 is 17.9 Å². The second-order valence-corrected chi connectivity index (χ2v) is 8.22. The molecule has 2 saturated carbocycles. The molecule has 140 valence electrons. The van der Waals surface area contributed by atoms with E-state index in [0.717, 1.165) is 31.1 Å². The SMILES string of the molecule is COc1ccc2cc(C3CCC4CC(C)CCC4C3)c(F)c(F)c2c1F. The molecule has 2 aliphatic rings. The summed E-state index contributed by atoms with van der Waals surface area (Å²) in [7, 11) is 1.32. The van der Waals surface area contributed by atoms with Gasteiger partial charge in [0.15, 0.2) is 23.2 Å². The Morgan fingerprint density at radius 2 is 1.62 bits per heavy atom. The Morgan fingerprint density at radius 1 is 0.885 bits per heavy atom. The molecule has 26 heavy (non-hydrogen) atoms. The van der Waals surface area contributed by atoms with E-state index in [1.54, 1.807) is 12.1 Å². The molecule has 0 aromatic heterocycles. The molecule has 4 rings (SSSR count). The van der Waals surface area contributed by atoms with Gasteiger partial charge in [0.2, 0.25) is 0 Å². The zero-order valence-corrected chi connectivity index (χ0v) is 15.3. The summed E-state index contributed by atoms with van der Waals surface area (Å²) in [5.41, 5.74) is 0.414. The van der Waals surface area contributed by atoms with Crippen molar-refractivity contribution >= 4 is 10.8 Å². The highest BCUT2D eigenvalue weighted by atomic mass is 19.2. The molecule has 0 saturated heterocycles. The monoisotopic (exact) mass is 362 g/mol. The molecular formula is C22H25F3O. The van der Waals surface area contributed by atoms with E-state index in [1.165, 1.54) is 32.4 Å². The Bertz CT molecular complexity index is 832. The number of hydrogen-bond acceptors (Lipinski definition) is 1. The largest absolute Gasteiger partial charge is 0.494 e. The molecule has 2 aliphatic carbocycles. The molecule has 2 aromatic rings. The fourth-order valence-electron chi connectivity index (χ4n) is 5.24. The lowest BCUT2D eigenvalue weighted by Gasteiger charge is -2.41.